The van der Waals surface area contributed by atoms with Crippen molar-refractivity contribution in [3.8, 4) is 0 Å². The van der Waals surface area contributed by atoms with E-state index in [9.17, 15) is 0 Å². The van der Waals surface area contributed by atoms with Crippen LogP contribution in [0.1, 0.15) is 0 Å². The van der Waals surface area contributed by atoms with E-state index in [1.54, 1.807) is 0 Å². The second kappa shape index (κ2) is 1.56. The monoisotopic (exact) mass is 141 g/mol. The number of rotatable bonds is 0. The highest BCUT2D eigenvalue weighted by Crippen LogP contribution is 2.30. The molecule has 2 aromatic heterocycles. The molecule has 0 saturated heterocycles. The summed E-state index contributed by atoms with van der Waals surface area (Å²) in [7, 11) is 0. The fraction of sp³-hybridized carbons (Fsp3) is 0. The Labute approximate surface area is 63.6 Å². The number of hydrogen-bond acceptors (Lipinski definition) is 1. The molecule has 0 unspecified atom stereocenters. The fourth-order valence-corrected chi connectivity index (χ4v) is 1.48. The Morgan fingerprint density at radius 1 is 1.00 bits per heavy atom. The summed E-state index contributed by atoms with van der Waals surface area (Å²) < 4.78 is 5.44. The van der Waals surface area contributed by atoms with Gasteiger partial charge in [-0.25, -0.2) is 0 Å². The number of fused-ring (bicyclic) bond motifs is 5. The first kappa shape index (κ1) is 5.19. The van der Waals surface area contributed by atoms with Crippen molar-refractivity contribution in [1.29, 1.82) is 0 Å². The molecule has 2 heterocycles. The molecule has 0 aliphatic carbocycles. The quantitative estimate of drug-likeness (QED) is 0.469. The molecule has 0 N–H and O–H groups in total. The molecule has 0 spiro atoms. The van der Waals surface area contributed by atoms with Crippen molar-refractivity contribution in [1.82, 2.24) is 0 Å². The van der Waals surface area contributed by atoms with Gasteiger partial charge < -0.3 is 4.42 Å². The van der Waals surface area contributed by atoms with Gasteiger partial charge in [-0.1, -0.05) is 6.07 Å². The van der Waals surface area contributed by atoms with Gasteiger partial charge in [0.1, 0.15) is 11.2 Å². The molecular formula is C10H5O. The Morgan fingerprint density at radius 3 is 2.64 bits per heavy atom. The molecular weight excluding hydrogens is 136 g/mol. The fourth-order valence-electron chi connectivity index (χ4n) is 1.48. The van der Waals surface area contributed by atoms with Crippen LogP contribution < -0.4 is 0 Å². The molecule has 0 saturated carbocycles. The lowest BCUT2D eigenvalue weighted by Gasteiger charge is -1.86. The number of hydrogen-bond donors (Lipinski definition) is 0. The van der Waals surface area contributed by atoms with Crippen molar-refractivity contribution in [3.63, 3.8) is 0 Å². The van der Waals surface area contributed by atoms with Gasteiger partial charge in [-0.3, -0.25) is 0 Å². The second-order valence-electron chi connectivity index (χ2n) is 2.64. The molecule has 0 atom stereocenters. The SMILES string of the molecule is [c]1ccc2c3ccc(o3)c2c1. The molecule has 1 nitrogen and oxygen atoms in total. The van der Waals surface area contributed by atoms with E-state index in [2.05, 4.69) is 6.07 Å². The average molecular weight is 141 g/mol. The van der Waals surface area contributed by atoms with E-state index in [0.717, 1.165) is 11.2 Å². The number of benzene rings is 2. The van der Waals surface area contributed by atoms with Crippen LogP contribution in [0.15, 0.2) is 34.7 Å². The van der Waals surface area contributed by atoms with Crippen LogP contribution in [0, 0.1) is 6.07 Å². The molecule has 0 aliphatic heterocycles. The van der Waals surface area contributed by atoms with Crippen LogP contribution in [-0.2, 0) is 0 Å². The van der Waals surface area contributed by atoms with Crippen LogP contribution in [0.3, 0.4) is 0 Å². The lowest BCUT2D eigenvalue weighted by molar-refractivity contribution is 0.679. The Hall–Kier alpha value is -1.50. The van der Waals surface area contributed by atoms with Crippen LogP contribution in [0.5, 0.6) is 0 Å². The van der Waals surface area contributed by atoms with Gasteiger partial charge in [0, 0.05) is 10.8 Å². The van der Waals surface area contributed by atoms with Crippen LogP contribution in [0.25, 0.3) is 21.9 Å². The molecule has 1 radical (unpaired) electrons. The zero-order valence-electron chi connectivity index (χ0n) is 5.79. The van der Waals surface area contributed by atoms with Crippen LogP contribution in [-0.4, -0.2) is 0 Å². The third-order valence-corrected chi connectivity index (χ3v) is 2.00. The van der Waals surface area contributed by atoms with Gasteiger partial charge in [-0.05, 0) is 30.3 Å². The average Bonchev–Trinajstić information content (AvgIpc) is 2.64. The summed E-state index contributed by atoms with van der Waals surface area (Å²) in [5, 5.41) is 2.37. The smallest absolute Gasteiger partial charge is 0.135 e. The van der Waals surface area contributed by atoms with Crippen molar-refractivity contribution < 1.29 is 4.42 Å². The van der Waals surface area contributed by atoms with Crippen molar-refractivity contribution >= 4 is 21.9 Å². The molecule has 11 heavy (non-hydrogen) atoms. The van der Waals surface area contributed by atoms with E-state index in [1.807, 2.05) is 30.3 Å². The van der Waals surface area contributed by atoms with Crippen molar-refractivity contribution in [2.45, 2.75) is 0 Å². The molecule has 3 rings (SSSR count). The predicted octanol–water partition coefficient (Wildman–Crippen LogP) is 2.82. The standard InChI is InChI=1S/C10H5O/c1-2-4-8-7(3-1)9-5-6-10(8)11-9/h1,3-6H. The summed E-state index contributed by atoms with van der Waals surface area (Å²) in [5.41, 5.74) is 1.94. The summed E-state index contributed by atoms with van der Waals surface area (Å²) >= 11 is 0. The highest BCUT2D eigenvalue weighted by atomic mass is 16.3. The van der Waals surface area contributed by atoms with Crippen LogP contribution in [0.2, 0.25) is 0 Å². The van der Waals surface area contributed by atoms with E-state index in [4.69, 9.17) is 4.42 Å². The molecule has 1 heteroatoms. The Balaban J connectivity index is 2.76. The minimum Gasteiger partial charge on any atom is -0.456 e. The van der Waals surface area contributed by atoms with E-state index in [1.165, 1.54) is 10.8 Å². The van der Waals surface area contributed by atoms with Gasteiger partial charge in [0.25, 0.3) is 0 Å². The van der Waals surface area contributed by atoms with Crippen molar-refractivity contribution in [2.75, 3.05) is 0 Å². The predicted molar refractivity (Wildman–Crippen MR) is 43.7 cm³/mol. The summed E-state index contributed by atoms with van der Waals surface area (Å²) in [6.45, 7) is 0. The second-order valence-corrected chi connectivity index (χ2v) is 2.64. The lowest BCUT2D eigenvalue weighted by atomic mass is 10.1. The lowest BCUT2D eigenvalue weighted by Crippen LogP contribution is -1.65. The van der Waals surface area contributed by atoms with E-state index < -0.39 is 0 Å². The topological polar surface area (TPSA) is 13.1 Å². The zero-order valence-corrected chi connectivity index (χ0v) is 5.79. The van der Waals surface area contributed by atoms with E-state index >= 15 is 0 Å². The van der Waals surface area contributed by atoms with Gasteiger partial charge >= 0.3 is 0 Å². The molecule has 3 aromatic rings. The number of furan rings is 2. The molecule has 0 amide bonds. The first-order valence-corrected chi connectivity index (χ1v) is 3.56. The Kier molecular flexibility index (Phi) is 0.737. The maximum Gasteiger partial charge on any atom is 0.135 e. The Bertz CT molecular complexity index is 448. The van der Waals surface area contributed by atoms with Gasteiger partial charge in [-0.2, -0.15) is 0 Å². The third kappa shape index (κ3) is 0.511. The molecule has 0 aliphatic rings. The maximum atomic E-state index is 5.44. The van der Waals surface area contributed by atoms with Gasteiger partial charge in [-0.15, -0.1) is 0 Å². The highest BCUT2D eigenvalue weighted by Gasteiger charge is 2.06. The highest BCUT2D eigenvalue weighted by molar-refractivity contribution is 6.06. The third-order valence-electron chi connectivity index (χ3n) is 2.00. The molecule has 1 aromatic carbocycles. The summed E-state index contributed by atoms with van der Waals surface area (Å²) in [5.74, 6) is 0. The van der Waals surface area contributed by atoms with Crippen molar-refractivity contribution in [3.05, 3.63) is 36.4 Å². The maximum absolute atomic E-state index is 5.44. The normalized spacial score (nSPS) is 11.6. The first-order chi connectivity index (χ1) is 5.45. The first-order valence-electron chi connectivity index (χ1n) is 3.56. The van der Waals surface area contributed by atoms with E-state index in [0.29, 0.717) is 0 Å². The van der Waals surface area contributed by atoms with Crippen LogP contribution >= 0.6 is 0 Å². The molecule has 0 fully saturated rings. The van der Waals surface area contributed by atoms with E-state index in [-0.39, 0.29) is 0 Å². The largest absolute Gasteiger partial charge is 0.456 e. The minimum atomic E-state index is 0.965. The van der Waals surface area contributed by atoms with Crippen LogP contribution in [0.4, 0.5) is 0 Å². The van der Waals surface area contributed by atoms with Gasteiger partial charge in [0.05, 0.1) is 0 Å². The minimum absolute atomic E-state index is 0.965. The zero-order chi connectivity index (χ0) is 7.26. The van der Waals surface area contributed by atoms with Gasteiger partial charge in [0.2, 0.25) is 0 Å². The summed E-state index contributed by atoms with van der Waals surface area (Å²) in [6.07, 6.45) is 0. The molecule has 2 bridgehead atoms. The Morgan fingerprint density at radius 2 is 1.82 bits per heavy atom. The molecule has 51 valence electrons. The summed E-state index contributed by atoms with van der Waals surface area (Å²) in [6, 6.07) is 12.9. The summed E-state index contributed by atoms with van der Waals surface area (Å²) in [4.78, 5) is 0. The van der Waals surface area contributed by atoms with Gasteiger partial charge in [0.15, 0.2) is 0 Å². The van der Waals surface area contributed by atoms with Crippen molar-refractivity contribution in [2.24, 2.45) is 0 Å².